The Bertz CT molecular complexity index is 1530. The number of nitrogens with one attached hydrogen (secondary N) is 1. The molecule has 0 bridgehead atoms. The van der Waals surface area contributed by atoms with Crippen LogP contribution in [0, 0.1) is 34.4 Å². The minimum Gasteiger partial charge on any atom is -0.309 e. The van der Waals surface area contributed by atoms with Crippen molar-refractivity contribution in [1.29, 1.82) is 0 Å². The molecule has 7 heteroatoms. The first-order chi connectivity index (χ1) is 23.2. The highest BCUT2D eigenvalue weighted by molar-refractivity contribution is 6.01. The summed E-state index contributed by atoms with van der Waals surface area (Å²) in [4.78, 5) is 29.9. The van der Waals surface area contributed by atoms with Gasteiger partial charge in [-0.25, -0.2) is 19.3 Å². The number of nitrogens with zero attached hydrogens (tertiary/aromatic N) is 4. The number of hydrogen-bond donors (Lipinski definition) is 1. The molecule has 258 valence electrons. The molecule has 0 radical (unpaired) electrons. The van der Waals surface area contributed by atoms with Crippen LogP contribution in [0.5, 0.6) is 0 Å². The second-order valence-corrected chi connectivity index (χ2v) is 15.7. The molecule has 1 N–H and O–H groups in total. The van der Waals surface area contributed by atoms with Crippen molar-refractivity contribution in [3.05, 3.63) is 71.5 Å². The zero-order chi connectivity index (χ0) is 33.9. The van der Waals surface area contributed by atoms with E-state index in [9.17, 15) is 4.79 Å². The van der Waals surface area contributed by atoms with E-state index >= 15 is 4.39 Å². The van der Waals surface area contributed by atoms with E-state index < -0.39 is 5.82 Å². The summed E-state index contributed by atoms with van der Waals surface area (Å²) in [5.41, 5.74) is 4.33. The van der Waals surface area contributed by atoms with E-state index in [-0.39, 0.29) is 22.8 Å². The number of carbonyl (C=O) groups is 1. The Labute approximate surface area is 287 Å². The third kappa shape index (κ3) is 7.36. The molecule has 2 saturated carbocycles. The number of pyridine rings is 1. The zero-order valence-electron chi connectivity index (χ0n) is 29.8. The number of likely N-dealkylation sites (tertiary alicyclic amines) is 1. The van der Waals surface area contributed by atoms with Crippen molar-refractivity contribution in [3.8, 4) is 0 Å². The van der Waals surface area contributed by atoms with E-state index in [2.05, 4.69) is 65.5 Å². The number of ketones is 1. The largest absolute Gasteiger partial charge is 0.309 e. The molecule has 6 nitrogen and oxygen atoms in total. The van der Waals surface area contributed by atoms with Crippen LogP contribution in [0.25, 0.3) is 5.57 Å². The van der Waals surface area contributed by atoms with E-state index in [1.54, 1.807) is 6.08 Å². The number of rotatable bonds is 10. The van der Waals surface area contributed by atoms with Gasteiger partial charge in [-0.15, -0.1) is 0 Å². The first kappa shape index (κ1) is 34.7. The fourth-order valence-electron chi connectivity index (χ4n) is 9.65. The Morgan fingerprint density at radius 3 is 2.58 bits per heavy atom. The van der Waals surface area contributed by atoms with Gasteiger partial charge in [0.2, 0.25) is 5.95 Å². The van der Waals surface area contributed by atoms with E-state index in [0.717, 1.165) is 43.6 Å². The van der Waals surface area contributed by atoms with Gasteiger partial charge in [0.05, 0.1) is 6.20 Å². The summed E-state index contributed by atoms with van der Waals surface area (Å²) < 4.78 is 15.4. The van der Waals surface area contributed by atoms with Crippen LogP contribution >= 0.6 is 0 Å². The Kier molecular flexibility index (Phi) is 10.6. The monoisotopic (exact) mass is 653 g/mol. The molecule has 0 aromatic carbocycles. The quantitative estimate of drug-likeness (QED) is 0.258. The second-order valence-electron chi connectivity index (χ2n) is 15.7. The summed E-state index contributed by atoms with van der Waals surface area (Å²) in [6.07, 6.45) is 21.3. The van der Waals surface area contributed by atoms with Gasteiger partial charge in [-0.2, -0.15) is 0 Å². The number of Topliss-reactive ketones (excluding diaryl/α,β-unsaturated/α-hetero) is 1. The van der Waals surface area contributed by atoms with Gasteiger partial charge >= 0.3 is 0 Å². The minimum absolute atomic E-state index is 0.0144. The molecule has 4 aliphatic rings. The van der Waals surface area contributed by atoms with Crippen LogP contribution < -0.4 is 5.32 Å². The Hall–Kier alpha value is -3.19. The lowest BCUT2D eigenvalue weighted by atomic mass is 9.60. The average Bonchev–Trinajstić information content (AvgIpc) is 3.52. The third-order valence-electron chi connectivity index (χ3n) is 12.6. The lowest BCUT2D eigenvalue weighted by molar-refractivity contribution is -0.117. The van der Waals surface area contributed by atoms with Gasteiger partial charge in [0.1, 0.15) is 11.5 Å². The van der Waals surface area contributed by atoms with Gasteiger partial charge in [0.15, 0.2) is 11.6 Å². The van der Waals surface area contributed by atoms with Gasteiger partial charge in [-0.3, -0.25) is 4.79 Å². The van der Waals surface area contributed by atoms with E-state index in [0.29, 0.717) is 40.6 Å². The molecule has 48 heavy (non-hydrogen) atoms. The fraction of sp³-hybridized carbons (Fsp3) is 0.610. The van der Waals surface area contributed by atoms with Crippen molar-refractivity contribution in [3.63, 3.8) is 0 Å². The Morgan fingerprint density at radius 2 is 1.90 bits per heavy atom. The van der Waals surface area contributed by atoms with Crippen molar-refractivity contribution in [2.75, 3.05) is 25.0 Å². The molecule has 3 fully saturated rings. The second kappa shape index (κ2) is 14.7. The zero-order valence-corrected chi connectivity index (χ0v) is 29.8. The number of aryl methyl sites for hydroxylation is 1. The summed E-state index contributed by atoms with van der Waals surface area (Å²) in [6, 6.07) is 4.06. The number of aromatic nitrogens is 3. The van der Waals surface area contributed by atoms with Crippen LogP contribution in [0.1, 0.15) is 116 Å². The molecular weight excluding hydrogens is 597 g/mol. The first-order valence-corrected chi connectivity index (χ1v) is 18.7. The number of anilines is 2. The molecule has 3 unspecified atom stereocenters. The molecule has 1 saturated heterocycles. The van der Waals surface area contributed by atoms with Crippen LogP contribution in [-0.4, -0.2) is 45.3 Å². The van der Waals surface area contributed by atoms with Gasteiger partial charge in [-0.05, 0) is 111 Å². The molecular formula is C41H56FN5O. The van der Waals surface area contributed by atoms with E-state index in [1.807, 2.05) is 18.3 Å². The summed E-state index contributed by atoms with van der Waals surface area (Å²) in [7, 11) is 0. The standard InChI is InChI=1S/C41H56FN5O/c1-6-32-21-36(48)34(29(5)41(22-28(32)4)17-10-9-11-18-41)20-33(7-2)38-35(42)25-44-39(46-38)45-37-15-14-31(24-43-37)13-12-30-16-19-40(23-30)26-47(8-3)27-40/h7,14-15,20,24-25,28,30,32H,2,6,8-13,16-19,21-23,26-27H2,1,3-5H3,(H,43,44,45,46)/b33-20+,34-29-. The molecule has 3 aliphatic carbocycles. The number of hydrogen-bond acceptors (Lipinski definition) is 6. The lowest BCUT2D eigenvalue weighted by Crippen LogP contribution is -2.54. The van der Waals surface area contributed by atoms with Gasteiger partial charge in [0.25, 0.3) is 0 Å². The third-order valence-corrected chi connectivity index (χ3v) is 12.6. The Morgan fingerprint density at radius 1 is 1.10 bits per heavy atom. The lowest BCUT2D eigenvalue weighted by Gasteiger charge is -2.48. The predicted octanol–water partition coefficient (Wildman–Crippen LogP) is 9.67. The van der Waals surface area contributed by atoms with Crippen molar-refractivity contribution >= 4 is 23.1 Å². The topological polar surface area (TPSA) is 71.0 Å². The SMILES string of the molecule is C=C/C(=C\C1=C(/C)C2(CCCCC2)CC(C)C(CC)CC1=O)c1nc(Nc2ccc(CCC3CCC4(C3)CN(CC)C4)cn2)ncc1F. The van der Waals surface area contributed by atoms with Crippen LogP contribution in [0.3, 0.4) is 0 Å². The van der Waals surface area contributed by atoms with Crippen LogP contribution in [0.2, 0.25) is 0 Å². The molecule has 1 aliphatic heterocycles. The van der Waals surface area contributed by atoms with Gasteiger partial charge in [0, 0.05) is 36.9 Å². The van der Waals surface area contributed by atoms with Crippen molar-refractivity contribution < 1.29 is 9.18 Å². The first-order valence-electron chi connectivity index (χ1n) is 18.7. The molecule has 3 heterocycles. The fourth-order valence-corrected chi connectivity index (χ4v) is 9.65. The predicted molar refractivity (Wildman–Crippen MR) is 193 cm³/mol. The van der Waals surface area contributed by atoms with Crippen molar-refractivity contribution in [2.24, 2.45) is 28.6 Å². The maximum atomic E-state index is 15.4. The summed E-state index contributed by atoms with van der Waals surface area (Å²) in [5.74, 6) is 2.12. The van der Waals surface area contributed by atoms with Crippen LogP contribution in [0.4, 0.5) is 16.2 Å². The average molecular weight is 654 g/mol. The molecule has 0 amide bonds. The summed E-state index contributed by atoms with van der Waals surface area (Å²) >= 11 is 0. The van der Waals surface area contributed by atoms with Gasteiger partial charge in [-0.1, -0.05) is 70.7 Å². The van der Waals surface area contributed by atoms with E-state index in [1.165, 1.54) is 76.3 Å². The van der Waals surface area contributed by atoms with Crippen molar-refractivity contribution in [1.82, 2.24) is 19.9 Å². The number of halogens is 1. The van der Waals surface area contributed by atoms with E-state index in [4.69, 9.17) is 0 Å². The molecule has 2 aromatic rings. The van der Waals surface area contributed by atoms with Gasteiger partial charge < -0.3 is 10.2 Å². The van der Waals surface area contributed by atoms with Crippen LogP contribution in [0.15, 0.2) is 54.4 Å². The normalized spacial score (nSPS) is 27.5. The highest BCUT2D eigenvalue weighted by Crippen LogP contribution is 2.52. The molecule has 2 aromatic heterocycles. The molecule has 2 spiro atoms. The smallest absolute Gasteiger partial charge is 0.229 e. The van der Waals surface area contributed by atoms with Crippen LogP contribution in [-0.2, 0) is 11.2 Å². The maximum absolute atomic E-state index is 15.4. The Balaban J connectivity index is 1.17. The molecule has 6 rings (SSSR count). The highest BCUT2D eigenvalue weighted by atomic mass is 19.1. The summed E-state index contributed by atoms with van der Waals surface area (Å²) in [5, 5.41) is 3.17. The number of carbonyl (C=O) groups excluding carboxylic acids is 1. The maximum Gasteiger partial charge on any atom is 0.229 e. The highest BCUT2D eigenvalue weighted by Gasteiger charge is 2.47. The summed E-state index contributed by atoms with van der Waals surface area (Å²) in [6.45, 7) is 16.7. The molecule has 3 atom stereocenters. The number of allylic oxidation sites excluding steroid dienone is 5. The van der Waals surface area contributed by atoms with Crippen molar-refractivity contribution in [2.45, 2.75) is 111 Å². The minimum atomic E-state index is -0.544.